The van der Waals surface area contributed by atoms with E-state index in [2.05, 4.69) is 5.32 Å². The van der Waals surface area contributed by atoms with Crippen molar-refractivity contribution < 1.29 is 4.92 Å². The Labute approximate surface area is 99.4 Å². The minimum Gasteiger partial charge on any atom is -0.319 e. The number of aromatic nitrogens is 1. The van der Waals surface area contributed by atoms with Crippen molar-refractivity contribution in [3.05, 3.63) is 38.3 Å². The van der Waals surface area contributed by atoms with Gasteiger partial charge in [-0.1, -0.05) is 6.92 Å². The van der Waals surface area contributed by atoms with Crippen LogP contribution in [0.3, 0.4) is 0 Å². The van der Waals surface area contributed by atoms with Gasteiger partial charge < -0.3 is 9.88 Å². The number of nitrogens with zero attached hydrogens (tertiary/aromatic N) is 2. The van der Waals surface area contributed by atoms with Crippen LogP contribution in [0.2, 0.25) is 0 Å². The third kappa shape index (κ3) is 3.39. The van der Waals surface area contributed by atoms with Crippen LogP contribution in [0.5, 0.6) is 0 Å². The standard InChI is InChI=1S/C11H17N3O3/c1-8(5-12-3)6-13-7-10(14(16)17)9(2)4-11(13)15/h4,7-8,12H,5-6H2,1-3H3. The molecule has 6 nitrogen and oxygen atoms in total. The fourth-order valence-electron chi connectivity index (χ4n) is 1.74. The minimum atomic E-state index is -0.464. The summed E-state index contributed by atoms with van der Waals surface area (Å²) in [7, 11) is 1.83. The lowest BCUT2D eigenvalue weighted by Crippen LogP contribution is -2.27. The molecule has 1 aromatic rings. The molecular formula is C11H17N3O3. The molecule has 0 fully saturated rings. The van der Waals surface area contributed by atoms with Crippen LogP contribution in [-0.2, 0) is 6.54 Å². The second-order valence-corrected chi connectivity index (χ2v) is 4.25. The molecule has 0 aliphatic carbocycles. The normalized spacial score (nSPS) is 12.4. The molecule has 0 aliphatic heterocycles. The van der Waals surface area contributed by atoms with Crippen LogP contribution in [0.15, 0.2) is 17.1 Å². The quantitative estimate of drug-likeness (QED) is 0.612. The van der Waals surface area contributed by atoms with Gasteiger partial charge in [0.1, 0.15) is 0 Å². The Morgan fingerprint density at radius 1 is 1.59 bits per heavy atom. The van der Waals surface area contributed by atoms with Gasteiger partial charge in [0, 0.05) is 18.2 Å². The summed E-state index contributed by atoms with van der Waals surface area (Å²) in [4.78, 5) is 22.0. The Morgan fingerprint density at radius 3 is 2.76 bits per heavy atom. The highest BCUT2D eigenvalue weighted by Gasteiger charge is 2.14. The number of pyridine rings is 1. The zero-order valence-corrected chi connectivity index (χ0v) is 10.3. The highest BCUT2D eigenvalue weighted by Crippen LogP contribution is 2.14. The van der Waals surface area contributed by atoms with Crippen LogP contribution >= 0.6 is 0 Å². The van der Waals surface area contributed by atoms with Gasteiger partial charge in [-0.2, -0.15) is 0 Å². The van der Waals surface area contributed by atoms with Crippen LogP contribution in [0, 0.1) is 23.0 Å². The van der Waals surface area contributed by atoms with E-state index in [9.17, 15) is 14.9 Å². The maximum Gasteiger partial charge on any atom is 0.288 e. The lowest BCUT2D eigenvalue weighted by Gasteiger charge is -2.12. The van der Waals surface area contributed by atoms with Crippen molar-refractivity contribution >= 4 is 5.69 Å². The molecule has 17 heavy (non-hydrogen) atoms. The number of nitro groups is 1. The first-order chi connectivity index (χ1) is 7.95. The smallest absolute Gasteiger partial charge is 0.288 e. The molecule has 0 amide bonds. The van der Waals surface area contributed by atoms with Crippen LogP contribution in [-0.4, -0.2) is 23.1 Å². The zero-order valence-electron chi connectivity index (χ0n) is 10.3. The third-order valence-corrected chi connectivity index (χ3v) is 2.56. The number of hydrogen-bond donors (Lipinski definition) is 1. The molecule has 6 heteroatoms. The molecule has 1 rings (SSSR count). The van der Waals surface area contributed by atoms with Gasteiger partial charge in [-0.15, -0.1) is 0 Å². The van der Waals surface area contributed by atoms with Gasteiger partial charge in [0.25, 0.3) is 11.2 Å². The number of hydrogen-bond acceptors (Lipinski definition) is 4. The monoisotopic (exact) mass is 239 g/mol. The third-order valence-electron chi connectivity index (χ3n) is 2.56. The first kappa shape index (κ1) is 13.4. The molecule has 1 unspecified atom stereocenters. The predicted octanol–water partition coefficient (Wildman–Crippen LogP) is 0.920. The summed E-state index contributed by atoms with van der Waals surface area (Å²) in [6, 6.07) is 1.31. The van der Waals surface area contributed by atoms with Crippen LogP contribution in [0.25, 0.3) is 0 Å². The highest BCUT2D eigenvalue weighted by molar-refractivity contribution is 5.35. The molecule has 1 N–H and O–H groups in total. The lowest BCUT2D eigenvalue weighted by atomic mass is 10.1. The molecule has 0 spiro atoms. The molecule has 94 valence electrons. The summed E-state index contributed by atoms with van der Waals surface area (Å²) in [6.45, 7) is 4.78. The average molecular weight is 239 g/mol. The van der Waals surface area contributed by atoms with Crippen molar-refractivity contribution in [3.63, 3.8) is 0 Å². The predicted molar refractivity (Wildman–Crippen MR) is 65.2 cm³/mol. The van der Waals surface area contributed by atoms with Crippen molar-refractivity contribution in [2.24, 2.45) is 5.92 Å². The molecule has 0 radical (unpaired) electrons. The molecule has 1 atom stereocenters. The Balaban J connectivity index is 3.04. The fourth-order valence-corrected chi connectivity index (χ4v) is 1.74. The van der Waals surface area contributed by atoms with Crippen molar-refractivity contribution in [2.75, 3.05) is 13.6 Å². The summed E-state index contributed by atoms with van der Waals surface area (Å²) in [5.74, 6) is 0.236. The molecule has 0 saturated carbocycles. The van der Waals surface area contributed by atoms with E-state index >= 15 is 0 Å². The van der Waals surface area contributed by atoms with E-state index < -0.39 is 4.92 Å². The van der Waals surface area contributed by atoms with Crippen molar-refractivity contribution in [2.45, 2.75) is 20.4 Å². The molecule has 1 heterocycles. The maximum absolute atomic E-state index is 11.7. The number of nitrogens with one attached hydrogen (secondary N) is 1. The van der Waals surface area contributed by atoms with Crippen LogP contribution < -0.4 is 10.9 Å². The van der Waals surface area contributed by atoms with E-state index in [0.29, 0.717) is 12.1 Å². The van der Waals surface area contributed by atoms with E-state index in [1.165, 1.54) is 16.8 Å². The maximum atomic E-state index is 11.7. The Bertz CT molecular complexity index is 468. The largest absolute Gasteiger partial charge is 0.319 e. The topological polar surface area (TPSA) is 77.2 Å². The molecule has 0 bridgehead atoms. The lowest BCUT2D eigenvalue weighted by molar-refractivity contribution is -0.385. The first-order valence-corrected chi connectivity index (χ1v) is 5.45. The summed E-state index contributed by atoms with van der Waals surface area (Å²) in [5.41, 5.74) is 0.190. The average Bonchev–Trinajstić information content (AvgIpc) is 2.21. The van der Waals surface area contributed by atoms with Gasteiger partial charge in [-0.3, -0.25) is 14.9 Å². The van der Waals surface area contributed by atoms with Gasteiger partial charge in [0.2, 0.25) is 0 Å². The summed E-state index contributed by atoms with van der Waals surface area (Å²) < 4.78 is 1.40. The van der Waals surface area contributed by atoms with Gasteiger partial charge in [-0.25, -0.2) is 0 Å². The highest BCUT2D eigenvalue weighted by atomic mass is 16.6. The van der Waals surface area contributed by atoms with Crippen molar-refractivity contribution in [1.82, 2.24) is 9.88 Å². The van der Waals surface area contributed by atoms with Gasteiger partial charge in [-0.05, 0) is 26.4 Å². The fraction of sp³-hybridized carbons (Fsp3) is 0.545. The molecular weight excluding hydrogens is 222 g/mol. The Kier molecular flexibility index (Phi) is 4.39. The molecule has 1 aromatic heterocycles. The van der Waals surface area contributed by atoms with Gasteiger partial charge in [0.05, 0.1) is 11.1 Å². The van der Waals surface area contributed by atoms with Gasteiger partial charge in [0.15, 0.2) is 0 Å². The van der Waals surface area contributed by atoms with E-state index in [1.54, 1.807) is 6.92 Å². The van der Waals surface area contributed by atoms with E-state index in [4.69, 9.17) is 0 Å². The Hall–Kier alpha value is -1.69. The van der Waals surface area contributed by atoms with E-state index in [0.717, 1.165) is 6.54 Å². The minimum absolute atomic E-state index is 0.0127. The summed E-state index contributed by atoms with van der Waals surface area (Å²) in [5, 5.41) is 13.8. The number of rotatable bonds is 5. The second-order valence-electron chi connectivity index (χ2n) is 4.25. The van der Waals surface area contributed by atoms with Crippen molar-refractivity contribution in [1.29, 1.82) is 0 Å². The Morgan fingerprint density at radius 2 is 2.24 bits per heavy atom. The van der Waals surface area contributed by atoms with E-state index in [-0.39, 0.29) is 17.2 Å². The SMILES string of the molecule is CNCC(C)Cn1cc([N+](=O)[O-])c(C)cc1=O. The van der Waals surface area contributed by atoms with E-state index in [1.807, 2.05) is 14.0 Å². The molecule has 0 saturated heterocycles. The van der Waals surface area contributed by atoms with Gasteiger partial charge >= 0.3 is 0 Å². The van der Waals surface area contributed by atoms with Crippen LogP contribution in [0.4, 0.5) is 5.69 Å². The van der Waals surface area contributed by atoms with Crippen LogP contribution in [0.1, 0.15) is 12.5 Å². The molecule has 0 aromatic carbocycles. The number of aryl methyl sites for hydroxylation is 1. The summed E-state index contributed by atoms with van der Waals surface area (Å²) >= 11 is 0. The second kappa shape index (κ2) is 5.58. The first-order valence-electron chi connectivity index (χ1n) is 5.45. The van der Waals surface area contributed by atoms with Crippen molar-refractivity contribution in [3.8, 4) is 0 Å². The summed E-state index contributed by atoms with van der Waals surface area (Å²) in [6.07, 6.45) is 1.32. The molecule has 0 aliphatic rings. The zero-order chi connectivity index (χ0) is 13.0.